The molecule has 6 nitrogen and oxygen atoms in total. The van der Waals surface area contributed by atoms with E-state index in [1.807, 2.05) is 59.6 Å². The molecule has 162 valence electrons. The van der Waals surface area contributed by atoms with Crippen LogP contribution < -0.4 is 10.1 Å². The number of nitrogens with one attached hydrogen (secondary N) is 1. The van der Waals surface area contributed by atoms with Gasteiger partial charge in [-0.15, -0.1) is 11.3 Å². The third-order valence-electron chi connectivity index (χ3n) is 4.72. The molecule has 2 heterocycles. The van der Waals surface area contributed by atoms with Crippen molar-refractivity contribution in [2.75, 3.05) is 11.9 Å². The molecule has 1 amide bonds. The Kier molecular flexibility index (Phi) is 6.67. The van der Waals surface area contributed by atoms with E-state index >= 15 is 0 Å². The molecule has 32 heavy (non-hydrogen) atoms. The molecule has 2 aromatic carbocycles. The van der Waals surface area contributed by atoms with Crippen LogP contribution in [0.5, 0.6) is 5.75 Å². The van der Waals surface area contributed by atoms with Crippen LogP contribution in [0.25, 0.3) is 5.69 Å². The predicted molar refractivity (Wildman–Crippen MR) is 124 cm³/mol. The van der Waals surface area contributed by atoms with Crippen LogP contribution in [-0.4, -0.2) is 23.1 Å². The second kappa shape index (κ2) is 9.98. The largest absolute Gasteiger partial charge is 0.492 e. The Balaban J connectivity index is 1.61. The van der Waals surface area contributed by atoms with E-state index in [9.17, 15) is 9.59 Å². The minimum atomic E-state index is -1.13. The first-order chi connectivity index (χ1) is 15.7. The number of hydrogen-bond acceptors (Lipinski definition) is 5. The summed E-state index contributed by atoms with van der Waals surface area (Å²) in [5.41, 5.74) is 1.80. The fourth-order valence-corrected chi connectivity index (χ4v) is 4.04. The lowest BCUT2D eigenvalue weighted by Gasteiger charge is -2.19. The average Bonchev–Trinajstić information content (AvgIpc) is 3.51. The average molecular weight is 447 g/mol. The van der Waals surface area contributed by atoms with Gasteiger partial charge in [0, 0.05) is 18.0 Å². The highest BCUT2D eigenvalue weighted by Crippen LogP contribution is 2.29. The molecule has 0 saturated carbocycles. The monoisotopic (exact) mass is 446 g/mol. The van der Waals surface area contributed by atoms with Crippen LogP contribution in [0.3, 0.4) is 0 Å². The van der Waals surface area contributed by atoms with Gasteiger partial charge in [-0.3, -0.25) is 4.79 Å². The number of hydrogen-bond donors (Lipinski definition) is 1. The summed E-state index contributed by atoms with van der Waals surface area (Å²) in [5, 5.41) is 4.67. The summed E-state index contributed by atoms with van der Waals surface area (Å²) >= 11 is 1.27. The standard InChI is InChI=1S/C25H22N2O4S/c1-2-30-21-13-7-6-12-19(21)26-24(28)22(18-10-4-3-5-11-18)31-25(29)23-20(14-17-32-23)27-15-8-9-16-27/h3-17,22H,2H2,1H3,(H,26,28). The first-order valence-corrected chi connectivity index (χ1v) is 11.0. The molecule has 0 saturated heterocycles. The fraction of sp³-hybridized carbons (Fsp3) is 0.120. The van der Waals surface area contributed by atoms with E-state index in [-0.39, 0.29) is 0 Å². The van der Waals surface area contributed by atoms with Gasteiger partial charge in [-0.2, -0.15) is 0 Å². The summed E-state index contributed by atoms with van der Waals surface area (Å²) < 4.78 is 13.2. The molecule has 0 aliphatic heterocycles. The Bertz CT molecular complexity index is 1190. The summed E-state index contributed by atoms with van der Waals surface area (Å²) in [6, 6.07) is 21.7. The Morgan fingerprint density at radius 2 is 1.69 bits per heavy atom. The molecule has 0 spiro atoms. The van der Waals surface area contributed by atoms with Gasteiger partial charge in [0.05, 0.1) is 18.0 Å². The third kappa shape index (κ3) is 4.73. The number of carbonyl (C=O) groups is 2. The molecule has 0 aliphatic rings. The topological polar surface area (TPSA) is 69.6 Å². The van der Waals surface area contributed by atoms with Gasteiger partial charge >= 0.3 is 5.97 Å². The molecule has 0 bridgehead atoms. The molecule has 2 aromatic heterocycles. The summed E-state index contributed by atoms with van der Waals surface area (Å²) in [6.07, 6.45) is 2.58. The number of rotatable bonds is 8. The Labute approximate surface area is 190 Å². The molecule has 4 rings (SSSR count). The van der Waals surface area contributed by atoms with E-state index in [4.69, 9.17) is 9.47 Å². The number of esters is 1. The van der Waals surface area contributed by atoms with Crippen LogP contribution >= 0.6 is 11.3 Å². The van der Waals surface area contributed by atoms with Crippen LogP contribution in [0.15, 0.2) is 90.6 Å². The normalized spacial score (nSPS) is 11.5. The van der Waals surface area contributed by atoms with E-state index in [1.165, 1.54) is 11.3 Å². The lowest BCUT2D eigenvalue weighted by molar-refractivity contribution is -0.125. The molecule has 1 N–H and O–H groups in total. The predicted octanol–water partition coefficient (Wildman–Crippen LogP) is 5.47. The molecule has 0 aliphatic carbocycles. The molecule has 4 aromatic rings. The SMILES string of the molecule is CCOc1ccccc1NC(=O)C(OC(=O)c1sccc1-n1cccc1)c1ccccc1. The van der Waals surface area contributed by atoms with Gasteiger partial charge in [-0.1, -0.05) is 42.5 Å². The van der Waals surface area contributed by atoms with Crippen molar-refractivity contribution in [3.05, 3.63) is 101 Å². The van der Waals surface area contributed by atoms with Crippen LogP contribution in [0, 0.1) is 0 Å². The van der Waals surface area contributed by atoms with Crippen molar-refractivity contribution < 1.29 is 19.1 Å². The van der Waals surface area contributed by atoms with Crippen LogP contribution in [0.1, 0.15) is 28.3 Å². The smallest absolute Gasteiger partial charge is 0.351 e. The molecule has 0 radical (unpaired) electrons. The number of benzene rings is 2. The second-order valence-electron chi connectivity index (χ2n) is 6.84. The Morgan fingerprint density at radius 3 is 2.44 bits per heavy atom. The van der Waals surface area contributed by atoms with Gasteiger partial charge < -0.3 is 19.4 Å². The minimum absolute atomic E-state index is 0.421. The van der Waals surface area contributed by atoms with Crippen molar-refractivity contribution in [2.45, 2.75) is 13.0 Å². The lowest BCUT2D eigenvalue weighted by atomic mass is 10.1. The van der Waals surface area contributed by atoms with Gasteiger partial charge in [0.2, 0.25) is 6.10 Å². The number of para-hydroxylation sites is 2. The zero-order valence-corrected chi connectivity index (χ0v) is 18.2. The van der Waals surface area contributed by atoms with E-state index in [0.717, 1.165) is 0 Å². The minimum Gasteiger partial charge on any atom is -0.492 e. The zero-order valence-electron chi connectivity index (χ0n) is 17.4. The summed E-state index contributed by atoms with van der Waals surface area (Å²) in [4.78, 5) is 26.8. The van der Waals surface area contributed by atoms with Crippen molar-refractivity contribution in [1.29, 1.82) is 0 Å². The van der Waals surface area contributed by atoms with Crippen molar-refractivity contribution in [3.63, 3.8) is 0 Å². The molecule has 1 atom stereocenters. The summed E-state index contributed by atoms with van der Waals surface area (Å²) in [5.74, 6) is -0.476. The van der Waals surface area contributed by atoms with E-state index in [0.29, 0.717) is 34.2 Å². The van der Waals surface area contributed by atoms with Gasteiger partial charge in [-0.25, -0.2) is 4.79 Å². The van der Waals surface area contributed by atoms with Gasteiger partial charge in [0.15, 0.2) is 0 Å². The molecule has 0 fully saturated rings. The molecular formula is C25H22N2O4S. The van der Waals surface area contributed by atoms with Gasteiger partial charge in [0.25, 0.3) is 5.91 Å². The number of thiophene rings is 1. The van der Waals surface area contributed by atoms with Gasteiger partial charge in [0.1, 0.15) is 10.6 Å². The number of carbonyl (C=O) groups excluding carboxylic acids is 2. The summed E-state index contributed by atoms with van der Waals surface area (Å²) in [7, 11) is 0. The number of nitrogens with zero attached hydrogens (tertiary/aromatic N) is 1. The number of ether oxygens (including phenoxy) is 2. The molecular weight excluding hydrogens is 424 g/mol. The van der Waals surface area contributed by atoms with Crippen molar-refractivity contribution >= 4 is 28.9 Å². The lowest BCUT2D eigenvalue weighted by Crippen LogP contribution is -2.26. The Hall–Kier alpha value is -3.84. The number of amides is 1. The quantitative estimate of drug-likeness (QED) is 0.364. The zero-order chi connectivity index (χ0) is 22.3. The van der Waals surface area contributed by atoms with Crippen LogP contribution in [0.4, 0.5) is 5.69 Å². The fourth-order valence-electron chi connectivity index (χ4n) is 3.26. The van der Waals surface area contributed by atoms with Crippen molar-refractivity contribution in [2.24, 2.45) is 0 Å². The second-order valence-corrected chi connectivity index (χ2v) is 7.76. The van der Waals surface area contributed by atoms with Gasteiger partial charge in [-0.05, 0) is 42.6 Å². The third-order valence-corrected chi connectivity index (χ3v) is 5.61. The number of anilines is 1. The highest BCUT2D eigenvalue weighted by molar-refractivity contribution is 7.12. The maximum Gasteiger partial charge on any atom is 0.351 e. The summed E-state index contributed by atoms with van der Waals surface area (Å²) in [6.45, 7) is 2.33. The maximum absolute atomic E-state index is 13.2. The first-order valence-electron chi connectivity index (χ1n) is 10.2. The maximum atomic E-state index is 13.2. The highest BCUT2D eigenvalue weighted by atomic mass is 32.1. The Morgan fingerprint density at radius 1 is 0.969 bits per heavy atom. The first kappa shape index (κ1) is 21.4. The van der Waals surface area contributed by atoms with Crippen molar-refractivity contribution in [3.8, 4) is 11.4 Å². The molecule has 1 unspecified atom stereocenters. The van der Waals surface area contributed by atoms with E-state index in [1.54, 1.807) is 42.5 Å². The van der Waals surface area contributed by atoms with E-state index < -0.39 is 18.0 Å². The highest BCUT2D eigenvalue weighted by Gasteiger charge is 2.28. The van der Waals surface area contributed by atoms with Crippen LogP contribution in [0.2, 0.25) is 0 Å². The van der Waals surface area contributed by atoms with E-state index in [2.05, 4.69) is 5.32 Å². The molecule has 7 heteroatoms. The van der Waals surface area contributed by atoms with Crippen molar-refractivity contribution in [1.82, 2.24) is 4.57 Å². The number of aromatic nitrogens is 1. The van der Waals surface area contributed by atoms with Crippen LogP contribution in [-0.2, 0) is 9.53 Å².